The van der Waals surface area contributed by atoms with Gasteiger partial charge in [-0.25, -0.2) is 4.39 Å². The molecule has 4 N–H and O–H groups in total. The summed E-state index contributed by atoms with van der Waals surface area (Å²) in [6.45, 7) is 1.71. The smallest absolute Gasteiger partial charge is 0.250 e. The predicted octanol–water partition coefficient (Wildman–Crippen LogP) is 2.71. The van der Waals surface area contributed by atoms with Crippen LogP contribution in [-0.2, 0) is 33.8 Å². The summed E-state index contributed by atoms with van der Waals surface area (Å²) < 4.78 is 13.9. The zero-order valence-corrected chi connectivity index (χ0v) is 19.9. The van der Waals surface area contributed by atoms with E-state index in [1.807, 2.05) is 18.2 Å². The van der Waals surface area contributed by atoms with E-state index < -0.39 is 12.1 Å². The number of fused-ring (bicyclic) bond motifs is 1. The van der Waals surface area contributed by atoms with Crippen LogP contribution in [0.15, 0.2) is 66.9 Å². The summed E-state index contributed by atoms with van der Waals surface area (Å²) in [5.74, 6) is -1.16. The first-order valence-electron chi connectivity index (χ1n) is 11.7. The molecule has 4 rings (SSSR count). The lowest BCUT2D eigenvalue weighted by Gasteiger charge is -2.34. The van der Waals surface area contributed by atoms with Gasteiger partial charge in [-0.15, -0.1) is 0 Å². The Hall–Kier alpha value is -4.11. The Morgan fingerprint density at radius 2 is 1.89 bits per heavy atom. The molecule has 0 aliphatic carbocycles. The molecule has 2 atom stereocenters. The first kappa shape index (κ1) is 25.0. The monoisotopic (exact) mass is 489 g/mol. The van der Waals surface area contributed by atoms with Gasteiger partial charge in [-0.05, 0) is 47.9 Å². The summed E-state index contributed by atoms with van der Waals surface area (Å²) in [5.41, 5.74) is 9.45. The molecule has 2 aromatic carbocycles. The summed E-state index contributed by atoms with van der Waals surface area (Å²) in [6.07, 6.45) is 2.08. The van der Waals surface area contributed by atoms with Crippen LogP contribution >= 0.6 is 0 Å². The van der Waals surface area contributed by atoms with Crippen molar-refractivity contribution in [3.63, 3.8) is 0 Å². The van der Waals surface area contributed by atoms with Crippen LogP contribution in [0.2, 0.25) is 0 Å². The van der Waals surface area contributed by atoms with Gasteiger partial charge in [0.2, 0.25) is 17.7 Å². The molecule has 3 aromatic rings. The van der Waals surface area contributed by atoms with Crippen molar-refractivity contribution in [1.29, 1.82) is 0 Å². The average molecular weight is 490 g/mol. The van der Waals surface area contributed by atoms with Gasteiger partial charge in [0.25, 0.3) is 0 Å². The van der Waals surface area contributed by atoms with E-state index in [2.05, 4.69) is 15.6 Å². The topological polar surface area (TPSA) is 117 Å². The van der Waals surface area contributed by atoms with Crippen molar-refractivity contribution in [3.05, 3.63) is 89.5 Å². The van der Waals surface area contributed by atoms with E-state index in [1.54, 1.807) is 47.5 Å². The number of amides is 3. The standard InChI is InChI=1S/C27H28FN5O3/c1-17(34)31-21-10-8-18(9-11-21)16-33-25-7-4-12-30-23(25)15-24(27(33)36)32-26(35)14-20(29)13-19-5-2-3-6-22(19)28/h2-12,20,24H,13-16,29H2,1H3,(H,31,34)(H,32,35)/t20-,24?/m1/s1. The van der Waals surface area contributed by atoms with Crippen LogP contribution in [0.4, 0.5) is 15.8 Å². The quantitative estimate of drug-likeness (QED) is 0.450. The van der Waals surface area contributed by atoms with Crippen molar-refractivity contribution < 1.29 is 18.8 Å². The zero-order valence-electron chi connectivity index (χ0n) is 19.9. The highest BCUT2D eigenvalue weighted by molar-refractivity contribution is 6.01. The number of carbonyl (C=O) groups excluding carboxylic acids is 3. The number of nitrogens with two attached hydrogens (primary N) is 1. The van der Waals surface area contributed by atoms with Crippen molar-refractivity contribution >= 4 is 29.1 Å². The zero-order chi connectivity index (χ0) is 25.7. The third-order valence-electron chi connectivity index (χ3n) is 5.96. The Morgan fingerprint density at radius 3 is 2.61 bits per heavy atom. The number of nitrogens with one attached hydrogen (secondary N) is 2. The van der Waals surface area contributed by atoms with Gasteiger partial charge in [-0.1, -0.05) is 30.3 Å². The van der Waals surface area contributed by atoms with Crippen molar-refractivity contribution in [1.82, 2.24) is 10.3 Å². The summed E-state index contributed by atoms with van der Waals surface area (Å²) in [4.78, 5) is 43.4. The fourth-order valence-electron chi connectivity index (χ4n) is 4.29. The molecule has 1 aromatic heterocycles. The van der Waals surface area contributed by atoms with Crippen LogP contribution < -0.4 is 21.3 Å². The minimum absolute atomic E-state index is 0.0438. The lowest BCUT2D eigenvalue weighted by molar-refractivity contribution is -0.128. The third kappa shape index (κ3) is 6.11. The van der Waals surface area contributed by atoms with Gasteiger partial charge in [-0.2, -0.15) is 0 Å². The summed E-state index contributed by atoms with van der Waals surface area (Å²) in [7, 11) is 0. The van der Waals surface area contributed by atoms with E-state index in [9.17, 15) is 18.8 Å². The van der Waals surface area contributed by atoms with Crippen LogP contribution in [0.3, 0.4) is 0 Å². The second-order valence-electron chi connectivity index (χ2n) is 8.86. The summed E-state index contributed by atoms with van der Waals surface area (Å²) in [6, 6.07) is 15.7. The largest absolute Gasteiger partial charge is 0.344 e. The number of hydrogen-bond acceptors (Lipinski definition) is 5. The minimum atomic E-state index is -0.792. The molecule has 8 nitrogen and oxygen atoms in total. The average Bonchev–Trinajstić information content (AvgIpc) is 2.84. The number of benzene rings is 2. The number of hydrogen-bond donors (Lipinski definition) is 3. The molecular formula is C27H28FN5O3. The molecule has 186 valence electrons. The number of pyridine rings is 1. The lowest BCUT2D eigenvalue weighted by atomic mass is 9.99. The maximum absolute atomic E-state index is 13.9. The fraction of sp³-hybridized carbons (Fsp3) is 0.259. The molecular weight excluding hydrogens is 461 g/mol. The molecule has 1 aliphatic rings. The van der Waals surface area contributed by atoms with E-state index in [-0.39, 0.29) is 49.3 Å². The Bertz CT molecular complexity index is 1260. The van der Waals surface area contributed by atoms with E-state index in [4.69, 9.17) is 5.73 Å². The number of carbonyl (C=O) groups is 3. The highest BCUT2D eigenvalue weighted by Gasteiger charge is 2.34. The predicted molar refractivity (Wildman–Crippen MR) is 135 cm³/mol. The second kappa shape index (κ2) is 11.1. The Balaban J connectivity index is 1.44. The molecule has 9 heteroatoms. The maximum atomic E-state index is 13.9. The molecule has 0 saturated carbocycles. The van der Waals surface area contributed by atoms with Crippen LogP contribution in [0, 0.1) is 5.82 Å². The molecule has 0 radical (unpaired) electrons. The van der Waals surface area contributed by atoms with Gasteiger partial charge >= 0.3 is 0 Å². The van der Waals surface area contributed by atoms with Gasteiger partial charge in [0.1, 0.15) is 11.9 Å². The van der Waals surface area contributed by atoms with E-state index in [0.717, 1.165) is 5.56 Å². The van der Waals surface area contributed by atoms with E-state index in [0.29, 0.717) is 22.6 Å². The van der Waals surface area contributed by atoms with Crippen molar-refractivity contribution in [3.8, 4) is 0 Å². The van der Waals surface area contributed by atoms with Crippen molar-refractivity contribution in [2.75, 3.05) is 10.2 Å². The number of nitrogens with zero attached hydrogens (tertiary/aromatic N) is 2. The highest BCUT2D eigenvalue weighted by Crippen LogP contribution is 2.28. The number of aromatic nitrogens is 1. The minimum Gasteiger partial charge on any atom is -0.344 e. The van der Waals surface area contributed by atoms with Crippen LogP contribution in [-0.4, -0.2) is 34.8 Å². The van der Waals surface area contributed by atoms with Crippen molar-refractivity contribution in [2.24, 2.45) is 5.73 Å². The summed E-state index contributed by atoms with van der Waals surface area (Å²) >= 11 is 0. The van der Waals surface area contributed by atoms with E-state index in [1.165, 1.54) is 13.0 Å². The Labute approximate surface area is 208 Å². The first-order chi connectivity index (χ1) is 17.3. The maximum Gasteiger partial charge on any atom is 0.250 e. The van der Waals surface area contributed by atoms with Gasteiger partial charge < -0.3 is 21.3 Å². The highest BCUT2D eigenvalue weighted by atomic mass is 19.1. The molecule has 3 amide bonds. The number of rotatable bonds is 8. The summed E-state index contributed by atoms with van der Waals surface area (Å²) in [5, 5.41) is 5.51. The number of anilines is 2. The molecule has 0 fully saturated rings. The molecule has 0 spiro atoms. The van der Waals surface area contributed by atoms with Gasteiger partial charge in [-0.3, -0.25) is 19.4 Å². The first-order valence-corrected chi connectivity index (χ1v) is 11.7. The lowest BCUT2D eigenvalue weighted by Crippen LogP contribution is -2.53. The Morgan fingerprint density at radius 1 is 1.14 bits per heavy atom. The molecule has 36 heavy (non-hydrogen) atoms. The molecule has 1 aliphatic heterocycles. The second-order valence-corrected chi connectivity index (χ2v) is 8.86. The SMILES string of the molecule is CC(=O)Nc1ccc(CN2C(=O)C(NC(=O)C[C@H](N)Cc3ccccc3F)Cc3ncccc32)cc1. The normalized spacial score (nSPS) is 15.7. The van der Waals surface area contributed by atoms with Crippen LogP contribution in [0.5, 0.6) is 0 Å². The molecule has 0 bridgehead atoms. The van der Waals surface area contributed by atoms with Crippen molar-refractivity contribution in [2.45, 2.75) is 44.8 Å². The third-order valence-corrected chi connectivity index (χ3v) is 5.96. The molecule has 2 heterocycles. The fourth-order valence-corrected chi connectivity index (χ4v) is 4.29. The molecule has 1 unspecified atom stereocenters. The van der Waals surface area contributed by atoms with Gasteiger partial charge in [0.15, 0.2) is 0 Å². The molecule has 0 saturated heterocycles. The van der Waals surface area contributed by atoms with E-state index >= 15 is 0 Å². The van der Waals surface area contributed by atoms with Gasteiger partial charge in [0.05, 0.1) is 17.9 Å². The Kier molecular flexibility index (Phi) is 7.70. The van der Waals surface area contributed by atoms with Gasteiger partial charge in [0, 0.05) is 37.7 Å². The number of halogens is 1. The van der Waals surface area contributed by atoms with Crippen LogP contribution in [0.25, 0.3) is 0 Å². The van der Waals surface area contributed by atoms with Crippen LogP contribution in [0.1, 0.15) is 30.2 Å².